The molecule has 0 saturated heterocycles. The molecule has 0 radical (unpaired) electrons. The summed E-state index contributed by atoms with van der Waals surface area (Å²) in [6, 6.07) is 4.73. The van der Waals surface area contributed by atoms with Crippen LogP contribution in [0.3, 0.4) is 0 Å². The second-order valence-corrected chi connectivity index (χ2v) is 3.36. The molecular formula is C11H16FN3. The van der Waals surface area contributed by atoms with E-state index in [1.807, 2.05) is 19.9 Å². The van der Waals surface area contributed by atoms with Crippen molar-refractivity contribution in [1.29, 1.82) is 0 Å². The summed E-state index contributed by atoms with van der Waals surface area (Å²) in [5.74, 6) is 5.44. The Balaban J connectivity index is 3.13. The number of hydrogen-bond acceptors (Lipinski definition) is 3. The summed E-state index contributed by atoms with van der Waals surface area (Å²) in [5, 5.41) is 1.48. The minimum atomic E-state index is -0.283. The molecule has 0 atom stereocenters. The van der Waals surface area contributed by atoms with Gasteiger partial charge in [-0.15, -0.1) is 0 Å². The highest BCUT2D eigenvalue weighted by Crippen LogP contribution is 2.18. The number of nitrogens with zero attached hydrogens (tertiary/aromatic N) is 1. The maximum atomic E-state index is 13.2. The number of halogens is 1. The van der Waals surface area contributed by atoms with E-state index in [9.17, 15) is 4.39 Å². The van der Waals surface area contributed by atoms with Crippen LogP contribution in [-0.2, 0) is 0 Å². The second-order valence-electron chi connectivity index (χ2n) is 3.36. The van der Waals surface area contributed by atoms with Crippen molar-refractivity contribution in [2.75, 3.05) is 6.54 Å². The Morgan fingerprint density at radius 3 is 2.60 bits per heavy atom. The zero-order valence-electron chi connectivity index (χ0n) is 9.00. The van der Waals surface area contributed by atoms with Gasteiger partial charge in [0.25, 0.3) is 0 Å². The van der Waals surface area contributed by atoms with Gasteiger partial charge in [0, 0.05) is 18.3 Å². The molecule has 4 N–H and O–H groups in total. The lowest BCUT2D eigenvalue weighted by Gasteiger charge is -2.20. The Hall–Kier alpha value is -1.55. The number of benzene rings is 1. The molecule has 0 aromatic heterocycles. The summed E-state index contributed by atoms with van der Waals surface area (Å²) < 4.78 is 13.2. The summed E-state index contributed by atoms with van der Waals surface area (Å²) in [6.45, 7) is 4.34. The van der Waals surface area contributed by atoms with Crippen LogP contribution in [0.25, 0.3) is 5.70 Å². The van der Waals surface area contributed by atoms with Gasteiger partial charge < -0.3 is 10.7 Å². The van der Waals surface area contributed by atoms with E-state index in [4.69, 9.17) is 11.6 Å². The van der Waals surface area contributed by atoms with E-state index in [-0.39, 0.29) is 5.82 Å². The molecule has 1 rings (SSSR count). The van der Waals surface area contributed by atoms with Crippen molar-refractivity contribution < 1.29 is 4.39 Å². The summed E-state index contributed by atoms with van der Waals surface area (Å²) in [6.07, 6.45) is 1.39. The van der Waals surface area contributed by atoms with E-state index in [0.717, 1.165) is 5.56 Å². The molecule has 0 aliphatic rings. The molecule has 0 bridgehead atoms. The maximum absolute atomic E-state index is 13.2. The Kier molecular flexibility index (Phi) is 3.68. The van der Waals surface area contributed by atoms with Gasteiger partial charge in [0.2, 0.25) is 0 Å². The topological polar surface area (TPSA) is 55.3 Å². The molecule has 4 heteroatoms. The first-order chi connectivity index (χ1) is 7.08. The van der Waals surface area contributed by atoms with Gasteiger partial charge in [0.15, 0.2) is 0 Å². The van der Waals surface area contributed by atoms with Crippen molar-refractivity contribution in [2.24, 2.45) is 11.6 Å². The zero-order valence-corrected chi connectivity index (χ0v) is 9.00. The third-order valence-corrected chi connectivity index (χ3v) is 2.15. The zero-order chi connectivity index (χ0) is 11.4. The molecule has 0 saturated carbocycles. The number of hydrazine groups is 1. The average Bonchev–Trinajstić information content (AvgIpc) is 2.17. The molecule has 0 fully saturated rings. The van der Waals surface area contributed by atoms with Gasteiger partial charge in [0.05, 0.1) is 5.70 Å². The number of nitrogens with two attached hydrogens (primary N) is 2. The third-order valence-electron chi connectivity index (χ3n) is 2.15. The van der Waals surface area contributed by atoms with Crippen LogP contribution in [-0.4, -0.2) is 11.6 Å². The molecule has 0 aliphatic carbocycles. The first-order valence-corrected chi connectivity index (χ1v) is 4.80. The number of aryl methyl sites for hydroxylation is 1. The van der Waals surface area contributed by atoms with Crippen LogP contribution >= 0.6 is 0 Å². The van der Waals surface area contributed by atoms with Crippen molar-refractivity contribution >= 4 is 5.70 Å². The molecule has 0 aliphatic heterocycles. The first-order valence-electron chi connectivity index (χ1n) is 4.80. The monoisotopic (exact) mass is 209 g/mol. The minimum Gasteiger partial charge on any atom is -0.403 e. The summed E-state index contributed by atoms with van der Waals surface area (Å²) in [5.41, 5.74) is 7.64. The van der Waals surface area contributed by atoms with E-state index >= 15 is 0 Å². The Labute approximate surface area is 89.1 Å². The average molecular weight is 209 g/mol. The molecule has 0 spiro atoms. The lowest BCUT2D eigenvalue weighted by molar-refractivity contribution is 0.439. The van der Waals surface area contributed by atoms with E-state index < -0.39 is 0 Å². The summed E-state index contributed by atoms with van der Waals surface area (Å²) in [4.78, 5) is 0. The van der Waals surface area contributed by atoms with Crippen molar-refractivity contribution in [3.63, 3.8) is 0 Å². The maximum Gasteiger partial charge on any atom is 0.124 e. The van der Waals surface area contributed by atoms with Crippen molar-refractivity contribution in [2.45, 2.75) is 13.8 Å². The summed E-state index contributed by atoms with van der Waals surface area (Å²) in [7, 11) is 0. The fraction of sp³-hybridized carbons (Fsp3) is 0.273. The van der Waals surface area contributed by atoms with Gasteiger partial charge in [-0.2, -0.15) is 0 Å². The van der Waals surface area contributed by atoms with Crippen LogP contribution in [0.15, 0.2) is 24.4 Å². The van der Waals surface area contributed by atoms with Crippen molar-refractivity contribution in [1.82, 2.24) is 5.01 Å². The smallest absolute Gasteiger partial charge is 0.124 e. The second kappa shape index (κ2) is 4.79. The fourth-order valence-electron chi connectivity index (χ4n) is 1.41. The molecule has 0 amide bonds. The van der Waals surface area contributed by atoms with Gasteiger partial charge in [-0.3, -0.25) is 0 Å². The molecule has 0 unspecified atom stereocenters. The SMILES string of the molecule is CCN(N)/C(=C\N)c1cc(C)cc(F)c1. The van der Waals surface area contributed by atoms with Crippen LogP contribution in [0.4, 0.5) is 4.39 Å². The van der Waals surface area contributed by atoms with Gasteiger partial charge in [0.1, 0.15) is 5.82 Å². The first kappa shape index (κ1) is 11.5. The molecule has 1 aromatic carbocycles. The highest BCUT2D eigenvalue weighted by Gasteiger charge is 2.07. The molecule has 15 heavy (non-hydrogen) atoms. The van der Waals surface area contributed by atoms with E-state index in [0.29, 0.717) is 17.8 Å². The van der Waals surface area contributed by atoms with Crippen LogP contribution in [0.1, 0.15) is 18.1 Å². The molecule has 3 nitrogen and oxygen atoms in total. The Morgan fingerprint density at radius 1 is 1.47 bits per heavy atom. The minimum absolute atomic E-state index is 0.283. The molecular weight excluding hydrogens is 193 g/mol. The van der Waals surface area contributed by atoms with Gasteiger partial charge in [-0.25, -0.2) is 10.2 Å². The highest BCUT2D eigenvalue weighted by molar-refractivity contribution is 5.63. The van der Waals surface area contributed by atoms with Gasteiger partial charge in [-0.05, 0) is 37.6 Å². The number of hydrogen-bond donors (Lipinski definition) is 2. The fourth-order valence-corrected chi connectivity index (χ4v) is 1.41. The number of rotatable bonds is 3. The quantitative estimate of drug-likeness (QED) is 0.587. The highest BCUT2D eigenvalue weighted by atomic mass is 19.1. The van der Waals surface area contributed by atoms with E-state index in [2.05, 4.69) is 0 Å². The Morgan fingerprint density at radius 2 is 2.13 bits per heavy atom. The predicted octanol–water partition coefficient (Wildman–Crippen LogP) is 1.59. The van der Waals surface area contributed by atoms with E-state index in [1.54, 1.807) is 0 Å². The van der Waals surface area contributed by atoms with E-state index in [1.165, 1.54) is 23.3 Å². The van der Waals surface area contributed by atoms with Crippen molar-refractivity contribution in [3.05, 3.63) is 41.3 Å². The summed E-state index contributed by atoms with van der Waals surface area (Å²) >= 11 is 0. The van der Waals surface area contributed by atoms with Crippen LogP contribution in [0, 0.1) is 12.7 Å². The lowest BCUT2D eigenvalue weighted by atomic mass is 10.1. The normalized spacial score (nSPS) is 11.6. The van der Waals surface area contributed by atoms with Crippen LogP contribution in [0.2, 0.25) is 0 Å². The molecule has 1 aromatic rings. The van der Waals surface area contributed by atoms with Gasteiger partial charge in [-0.1, -0.05) is 0 Å². The van der Waals surface area contributed by atoms with Gasteiger partial charge >= 0.3 is 0 Å². The van der Waals surface area contributed by atoms with Crippen LogP contribution < -0.4 is 11.6 Å². The Bertz CT molecular complexity index is 354. The van der Waals surface area contributed by atoms with Crippen LogP contribution in [0.5, 0.6) is 0 Å². The predicted molar refractivity (Wildman–Crippen MR) is 59.9 cm³/mol. The lowest BCUT2D eigenvalue weighted by Crippen LogP contribution is -2.29. The molecule has 0 heterocycles. The third kappa shape index (κ3) is 2.70. The standard InChI is InChI=1S/C11H16FN3/c1-3-15(14)11(7-13)9-4-8(2)5-10(12)6-9/h4-7H,3,13-14H2,1-2H3/b11-7-. The van der Waals surface area contributed by atoms with Crippen molar-refractivity contribution in [3.8, 4) is 0 Å². The largest absolute Gasteiger partial charge is 0.403 e. The molecule has 82 valence electrons.